The van der Waals surface area contributed by atoms with Crippen molar-refractivity contribution in [1.29, 1.82) is 0 Å². The van der Waals surface area contributed by atoms with Gasteiger partial charge in [0.15, 0.2) is 0 Å². The normalized spacial score (nSPS) is 13.1. The lowest BCUT2D eigenvalue weighted by Gasteiger charge is -2.19. The first-order valence-corrected chi connectivity index (χ1v) is 6.67. The molecule has 0 heterocycles. The van der Waals surface area contributed by atoms with E-state index in [-0.39, 0.29) is 6.10 Å². The molecular weight excluding hydrogens is 299 g/mol. The van der Waals surface area contributed by atoms with Gasteiger partial charge in [-0.15, -0.1) is 0 Å². The van der Waals surface area contributed by atoms with Gasteiger partial charge < -0.3 is 5.11 Å². The van der Waals surface area contributed by atoms with Crippen LogP contribution in [0.1, 0.15) is 32.3 Å². The summed E-state index contributed by atoms with van der Waals surface area (Å²) in [6.07, 6.45) is 2.70. The fourth-order valence-corrected chi connectivity index (χ4v) is 2.22. The molecule has 0 saturated heterocycles. The SMILES string of the molecule is CCC(CC)C(O)Cc1ccc(I)cc1. The van der Waals surface area contributed by atoms with Gasteiger partial charge >= 0.3 is 0 Å². The Hall–Kier alpha value is -0.0900. The molecule has 84 valence electrons. The zero-order valence-electron chi connectivity index (χ0n) is 9.41. The van der Waals surface area contributed by atoms with Gasteiger partial charge in [0.2, 0.25) is 0 Å². The largest absolute Gasteiger partial charge is 0.392 e. The van der Waals surface area contributed by atoms with E-state index >= 15 is 0 Å². The topological polar surface area (TPSA) is 20.2 Å². The molecule has 1 aromatic carbocycles. The van der Waals surface area contributed by atoms with Crippen LogP contribution in [0.4, 0.5) is 0 Å². The Morgan fingerprint density at radius 3 is 2.13 bits per heavy atom. The highest BCUT2D eigenvalue weighted by molar-refractivity contribution is 14.1. The second-order valence-electron chi connectivity index (χ2n) is 3.97. The van der Waals surface area contributed by atoms with Crippen LogP contribution < -0.4 is 0 Å². The molecule has 0 aliphatic carbocycles. The molecule has 0 aliphatic heterocycles. The van der Waals surface area contributed by atoms with E-state index in [1.165, 1.54) is 9.13 Å². The van der Waals surface area contributed by atoms with E-state index in [1.807, 2.05) is 0 Å². The van der Waals surface area contributed by atoms with Gasteiger partial charge in [-0.05, 0) is 52.6 Å². The van der Waals surface area contributed by atoms with E-state index in [4.69, 9.17) is 0 Å². The van der Waals surface area contributed by atoms with E-state index in [9.17, 15) is 5.11 Å². The van der Waals surface area contributed by atoms with Gasteiger partial charge in [-0.3, -0.25) is 0 Å². The minimum atomic E-state index is -0.194. The minimum Gasteiger partial charge on any atom is -0.392 e. The van der Waals surface area contributed by atoms with Crippen LogP contribution in [0.5, 0.6) is 0 Å². The second-order valence-corrected chi connectivity index (χ2v) is 5.22. The Kier molecular flexibility index (Phi) is 5.61. The molecule has 0 spiro atoms. The molecule has 1 N–H and O–H groups in total. The number of hydrogen-bond donors (Lipinski definition) is 1. The first-order chi connectivity index (χ1) is 7.17. The molecule has 1 rings (SSSR count). The van der Waals surface area contributed by atoms with Gasteiger partial charge in [-0.1, -0.05) is 38.8 Å². The van der Waals surface area contributed by atoms with Crippen molar-refractivity contribution in [1.82, 2.24) is 0 Å². The molecule has 0 bridgehead atoms. The monoisotopic (exact) mass is 318 g/mol. The molecule has 15 heavy (non-hydrogen) atoms. The van der Waals surface area contributed by atoms with Crippen LogP contribution in [0.2, 0.25) is 0 Å². The molecule has 2 heteroatoms. The van der Waals surface area contributed by atoms with Gasteiger partial charge in [0.05, 0.1) is 6.10 Å². The molecule has 0 radical (unpaired) electrons. The summed E-state index contributed by atoms with van der Waals surface area (Å²) in [6, 6.07) is 8.39. The fraction of sp³-hybridized carbons (Fsp3) is 0.538. The number of benzene rings is 1. The average molecular weight is 318 g/mol. The maximum Gasteiger partial charge on any atom is 0.0608 e. The number of aliphatic hydroxyl groups is 1. The van der Waals surface area contributed by atoms with E-state index in [0.29, 0.717) is 5.92 Å². The molecule has 1 unspecified atom stereocenters. The standard InChI is InChI=1S/C13H19IO/c1-3-11(4-2)13(15)9-10-5-7-12(14)8-6-10/h5-8,11,13,15H,3-4,9H2,1-2H3. The highest BCUT2D eigenvalue weighted by atomic mass is 127. The fourth-order valence-electron chi connectivity index (χ4n) is 1.86. The number of rotatable bonds is 5. The first-order valence-electron chi connectivity index (χ1n) is 5.59. The summed E-state index contributed by atoms with van der Waals surface area (Å²) in [5.74, 6) is 0.435. The van der Waals surface area contributed by atoms with Crippen LogP contribution in [0.15, 0.2) is 24.3 Å². The zero-order chi connectivity index (χ0) is 11.3. The lowest BCUT2D eigenvalue weighted by atomic mass is 9.92. The Bertz CT molecular complexity index is 277. The van der Waals surface area contributed by atoms with Crippen molar-refractivity contribution in [2.24, 2.45) is 5.92 Å². The van der Waals surface area contributed by atoms with Gasteiger partial charge in [-0.25, -0.2) is 0 Å². The summed E-state index contributed by atoms with van der Waals surface area (Å²) in [4.78, 5) is 0. The van der Waals surface area contributed by atoms with Crippen molar-refractivity contribution < 1.29 is 5.11 Å². The third-order valence-corrected chi connectivity index (χ3v) is 3.67. The lowest BCUT2D eigenvalue weighted by Crippen LogP contribution is -2.21. The van der Waals surface area contributed by atoms with Crippen LogP contribution >= 0.6 is 22.6 Å². The van der Waals surface area contributed by atoms with Crippen LogP contribution in [0, 0.1) is 9.49 Å². The Morgan fingerprint density at radius 2 is 1.67 bits per heavy atom. The second kappa shape index (κ2) is 6.48. The predicted molar refractivity (Wildman–Crippen MR) is 72.9 cm³/mol. The van der Waals surface area contributed by atoms with E-state index in [0.717, 1.165) is 19.3 Å². The summed E-state index contributed by atoms with van der Waals surface area (Å²) in [6.45, 7) is 4.29. The molecule has 0 fully saturated rings. The highest BCUT2D eigenvalue weighted by Crippen LogP contribution is 2.17. The third kappa shape index (κ3) is 4.11. The average Bonchev–Trinajstić information content (AvgIpc) is 2.23. The molecule has 0 aliphatic rings. The van der Waals surface area contributed by atoms with Crippen molar-refractivity contribution in [3.8, 4) is 0 Å². The predicted octanol–water partition coefficient (Wildman–Crippen LogP) is 3.63. The van der Waals surface area contributed by atoms with Crippen molar-refractivity contribution in [3.63, 3.8) is 0 Å². The Balaban J connectivity index is 2.57. The van der Waals surface area contributed by atoms with Crippen LogP contribution in [0.25, 0.3) is 0 Å². The van der Waals surface area contributed by atoms with E-state index in [1.54, 1.807) is 0 Å². The number of hydrogen-bond acceptors (Lipinski definition) is 1. The zero-order valence-corrected chi connectivity index (χ0v) is 11.6. The maximum atomic E-state index is 10.0. The van der Waals surface area contributed by atoms with Crippen molar-refractivity contribution in [3.05, 3.63) is 33.4 Å². The van der Waals surface area contributed by atoms with Gasteiger partial charge in [0.25, 0.3) is 0 Å². The Labute approximate surface area is 106 Å². The van der Waals surface area contributed by atoms with Crippen LogP contribution in [-0.2, 0) is 6.42 Å². The van der Waals surface area contributed by atoms with E-state index < -0.39 is 0 Å². The summed E-state index contributed by atoms with van der Waals surface area (Å²) >= 11 is 2.30. The van der Waals surface area contributed by atoms with Crippen molar-refractivity contribution in [2.75, 3.05) is 0 Å². The first kappa shape index (κ1) is 13.0. The third-order valence-electron chi connectivity index (χ3n) is 2.95. The van der Waals surface area contributed by atoms with E-state index in [2.05, 4.69) is 60.7 Å². The number of aliphatic hydroxyl groups excluding tert-OH is 1. The van der Waals surface area contributed by atoms with Crippen molar-refractivity contribution in [2.45, 2.75) is 39.2 Å². The lowest BCUT2D eigenvalue weighted by molar-refractivity contribution is 0.103. The molecule has 0 saturated carbocycles. The highest BCUT2D eigenvalue weighted by Gasteiger charge is 2.15. The Morgan fingerprint density at radius 1 is 1.13 bits per heavy atom. The molecule has 0 amide bonds. The maximum absolute atomic E-state index is 10.0. The smallest absolute Gasteiger partial charge is 0.0608 e. The summed E-state index contributed by atoms with van der Waals surface area (Å²) < 4.78 is 1.24. The molecule has 1 nitrogen and oxygen atoms in total. The summed E-state index contributed by atoms with van der Waals surface area (Å²) in [5.41, 5.74) is 1.23. The summed E-state index contributed by atoms with van der Waals surface area (Å²) in [7, 11) is 0. The van der Waals surface area contributed by atoms with Crippen LogP contribution in [0.3, 0.4) is 0 Å². The van der Waals surface area contributed by atoms with Crippen LogP contribution in [-0.4, -0.2) is 11.2 Å². The van der Waals surface area contributed by atoms with Gasteiger partial charge in [-0.2, -0.15) is 0 Å². The quantitative estimate of drug-likeness (QED) is 0.822. The molecule has 1 aromatic rings. The minimum absolute atomic E-state index is 0.194. The van der Waals surface area contributed by atoms with Gasteiger partial charge in [0, 0.05) is 3.57 Å². The number of halogens is 1. The molecule has 0 aromatic heterocycles. The summed E-state index contributed by atoms with van der Waals surface area (Å²) in [5, 5.41) is 10.0. The molecular formula is C13H19IO. The van der Waals surface area contributed by atoms with Gasteiger partial charge in [0.1, 0.15) is 0 Å². The molecule has 1 atom stereocenters. The van der Waals surface area contributed by atoms with Crippen molar-refractivity contribution >= 4 is 22.6 Å².